The first-order valence-corrected chi connectivity index (χ1v) is 28.9. The molecule has 63 heavy (non-hydrogen) atoms. The van der Waals surface area contributed by atoms with Crippen molar-refractivity contribution in [3.8, 4) is 0 Å². The molecule has 0 saturated heterocycles. The number of aliphatic carboxylic acids is 2. The summed E-state index contributed by atoms with van der Waals surface area (Å²) in [5.74, 6) is -1.80. The quantitative estimate of drug-likeness (QED) is 0.0450. The van der Waals surface area contributed by atoms with Crippen LogP contribution in [0.2, 0.25) is 0 Å². The van der Waals surface area contributed by atoms with Crippen LogP contribution in [0.1, 0.15) is 361 Å². The molecule has 0 fully saturated rings. The first-order chi connectivity index (χ1) is 30.5. The normalized spacial score (nSPS) is 11.1. The number of carboxylic acid groups (broad SMARTS) is 2. The molecule has 0 amide bonds. The van der Waals surface area contributed by atoms with Crippen LogP contribution < -0.4 is 10.2 Å². The van der Waals surface area contributed by atoms with Gasteiger partial charge in [0, 0.05) is 11.9 Å². The van der Waals surface area contributed by atoms with Gasteiger partial charge in [0.15, 0.2) is 0 Å². The van der Waals surface area contributed by atoms with E-state index in [0.717, 1.165) is 25.7 Å². The third-order valence-electron chi connectivity index (χ3n) is 13.5. The first-order valence-electron chi connectivity index (χ1n) is 28.9. The fraction of sp³-hybridized carbons (Fsp3) is 0.966. The molecule has 5 heteroatoms. The number of hydrogen-bond acceptors (Lipinski definition) is 4. The van der Waals surface area contributed by atoms with Crippen molar-refractivity contribution in [2.75, 3.05) is 0 Å². The van der Waals surface area contributed by atoms with E-state index in [1.54, 1.807) is 0 Å². The van der Waals surface area contributed by atoms with Crippen molar-refractivity contribution in [3.05, 3.63) is 0 Å². The van der Waals surface area contributed by atoms with Gasteiger partial charge in [0.05, 0.1) is 0 Å². The van der Waals surface area contributed by atoms with Gasteiger partial charge in [-0.2, -0.15) is 0 Å². The molecular formula is C58H114CaO4. The summed E-state index contributed by atoms with van der Waals surface area (Å²) in [5.41, 5.74) is 0. The van der Waals surface area contributed by atoms with E-state index in [2.05, 4.69) is 13.8 Å². The smallest absolute Gasteiger partial charge is 0.550 e. The molecule has 0 rings (SSSR count). The van der Waals surface area contributed by atoms with Crippen molar-refractivity contribution in [1.29, 1.82) is 0 Å². The van der Waals surface area contributed by atoms with Gasteiger partial charge < -0.3 is 19.8 Å². The molecule has 0 heterocycles. The molecule has 0 aliphatic rings. The largest absolute Gasteiger partial charge is 2.00 e. The number of hydrogen-bond donors (Lipinski definition) is 0. The molecule has 0 atom stereocenters. The van der Waals surface area contributed by atoms with Gasteiger partial charge >= 0.3 is 37.7 Å². The number of rotatable bonds is 54. The van der Waals surface area contributed by atoms with E-state index in [0.29, 0.717) is 0 Å². The van der Waals surface area contributed by atoms with Crippen LogP contribution in [0.4, 0.5) is 0 Å². The number of carbonyl (C=O) groups is 2. The molecule has 4 nitrogen and oxygen atoms in total. The Bertz CT molecular complexity index is 753. The molecule has 0 saturated carbocycles. The molecule has 0 aromatic carbocycles. The van der Waals surface area contributed by atoms with Crippen molar-refractivity contribution in [2.45, 2.75) is 361 Å². The fourth-order valence-corrected chi connectivity index (χ4v) is 9.17. The van der Waals surface area contributed by atoms with Crippen molar-refractivity contribution < 1.29 is 19.8 Å². The fourth-order valence-electron chi connectivity index (χ4n) is 9.17. The van der Waals surface area contributed by atoms with E-state index in [9.17, 15) is 19.8 Å². The second-order valence-electron chi connectivity index (χ2n) is 19.9. The van der Waals surface area contributed by atoms with Gasteiger partial charge in [-0.3, -0.25) is 0 Å². The van der Waals surface area contributed by atoms with E-state index in [-0.39, 0.29) is 50.6 Å². The average Bonchev–Trinajstić information content (AvgIpc) is 3.26. The molecule has 0 bridgehead atoms. The van der Waals surface area contributed by atoms with Crippen LogP contribution in [0.3, 0.4) is 0 Å². The molecule has 0 N–H and O–H groups in total. The van der Waals surface area contributed by atoms with Gasteiger partial charge in [0.25, 0.3) is 0 Å². The SMILES string of the molecule is CCCCCCCCCCCCCCCCCCCCCCCCCCCCC(=O)[O-].CCCCCCCCCCCCCCCCCCCCCCCCCCCCC(=O)[O-].[Ca+2]. The zero-order valence-electron chi connectivity index (χ0n) is 43.5. The summed E-state index contributed by atoms with van der Waals surface area (Å²) in [5, 5.41) is 20.6. The van der Waals surface area contributed by atoms with Crippen LogP contribution in [0.25, 0.3) is 0 Å². The average molecular weight is 916 g/mol. The van der Waals surface area contributed by atoms with Crippen molar-refractivity contribution in [3.63, 3.8) is 0 Å². The number of unbranched alkanes of at least 4 members (excludes halogenated alkanes) is 50. The minimum Gasteiger partial charge on any atom is -0.550 e. The first kappa shape index (κ1) is 67.5. The Morgan fingerprint density at radius 3 is 0.397 bits per heavy atom. The van der Waals surface area contributed by atoms with Crippen LogP contribution in [-0.2, 0) is 9.59 Å². The summed E-state index contributed by atoms with van der Waals surface area (Å²) < 4.78 is 0. The topological polar surface area (TPSA) is 80.3 Å². The number of carboxylic acids is 2. The van der Waals surface area contributed by atoms with Gasteiger partial charge in [-0.05, 0) is 25.7 Å². The molecule has 0 spiro atoms. The van der Waals surface area contributed by atoms with Gasteiger partial charge in [0.2, 0.25) is 0 Å². The van der Waals surface area contributed by atoms with Crippen molar-refractivity contribution >= 4 is 49.7 Å². The Balaban J connectivity index is -0.00000112. The Morgan fingerprint density at radius 1 is 0.206 bits per heavy atom. The molecular weight excluding hydrogens is 801 g/mol. The molecule has 0 aliphatic heterocycles. The van der Waals surface area contributed by atoms with Crippen LogP contribution in [0, 0.1) is 0 Å². The van der Waals surface area contributed by atoms with E-state index in [1.807, 2.05) is 0 Å². The minimum absolute atomic E-state index is 0. The molecule has 0 unspecified atom stereocenters. The zero-order chi connectivity index (χ0) is 45.3. The molecule has 0 aromatic rings. The third kappa shape index (κ3) is 71.4. The molecule has 0 aromatic heterocycles. The molecule has 0 radical (unpaired) electrons. The van der Waals surface area contributed by atoms with Gasteiger partial charge in [-0.15, -0.1) is 0 Å². The maximum Gasteiger partial charge on any atom is 2.00 e. The van der Waals surface area contributed by atoms with Crippen LogP contribution in [0.5, 0.6) is 0 Å². The van der Waals surface area contributed by atoms with Crippen LogP contribution >= 0.6 is 0 Å². The standard InChI is InChI=1S/2C29H58O2.Ca/c2*1-2-3-4-5-6-7-8-9-10-11-12-13-14-15-16-17-18-19-20-21-22-23-24-25-26-27-28-29(30)31;/h2*2-28H2,1H3,(H,30,31);/q;;+2/p-2. The van der Waals surface area contributed by atoms with E-state index in [1.165, 1.54) is 308 Å². The molecule has 0 aliphatic carbocycles. The summed E-state index contributed by atoms with van der Waals surface area (Å²) in [7, 11) is 0. The van der Waals surface area contributed by atoms with Gasteiger partial charge in [0.1, 0.15) is 0 Å². The predicted octanol–water partition coefficient (Wildman–Crippen LogP) is 18.2. The van der Waals surface area contributed by atoms with Crippen molar-refractivity contribution in [2.24, 2.45) is 0 Å². The maximum atomic E-state index is 10.3. The Kier molecular flexibility index (Phi) is 68.8. The van der Waals surface area contributed by atoms with Gasteiger partial charge in [-0.1, -0.05) is 335 Å². The monoisotopic (exact) mass is 915 g/mol. The van der Waals surface area contributed by atoms with E-state index >= 15 is 0 Å². The molecule has 372 valence electrons. The van der Waals surface area contributed by atoms with Crippen LogP contribution in [0.15, 0.2) is 0 Å². The Labute approximate surface area is 427 Å². The predicted molar refractivity (Wildman–Crippen MR) is 276 cm³/mol. The number of carbonyl (C=O) groups excluding carboxylic acids is 2. The summed E-state index contributed by atoms with van der Waals surface area (Å²) in [6, 6.07) is 0. The zero-order valence-corrected chi connectivity index (χ0v) is 45.7. The summed E-state index contributed by atoms with van der Waals surface area (Å²) in [6.45, 7) is 4.59. The Hall–Kier alpha value is 0.200. The van der Waals surface area contributed by atoms with E-state index < -0.39 is 11.9 Å². The summed E-state index contributed by atoms with van der Waals surface area (Å²) in [4.78, 5) is 20.6. The summed E-state index contributed by atoms with van der Waals surface area (Å²) >= 11 is 0. The minimum atomic E-state index is -0.899. The Morgan fingerprint density at radius 2 is 0.302 bits per heavy atom. The van der Waals surface area contributed by atoms with Crippen molar-refractivity contribution in [1.82, 2.24) is 0 Å². The third-order valence-corrected chi connectivity index (χ3v) is 13.5. The second kappa shape index (κ2) is 64.3. The summed E-state index contributed by atoms with van der Waals surface area (Å²) in [6.07, 6.45) is 72.2. The van der Waals surface area contributed by atoms with Crippen LogP contribution in [-0.4, -0.2) is 49.7 Å². The van der Waals surface area contributed by atoms with Gasteiger partial charge in [-0.25, -0.2) is 0 Å². The van der Waals surface area contributed by atoms with E-state index in [4.69, 9.17) is 0 Å². The second-order valence-corrected chi connectivity index (χ2v) is 19.9. The maximum absolute atomic E-state index is 10.3.